The molecule has 2 heterocycles. The Morgan fingerprint density at radius 2 is 2.36 bits per heavy atom. The van der Waals surface area contributed by atoms with Gasteiger partial charge in [-0.25, -0.2) is 4.39 Å². The Hall–Kier alpha value is -1.51. The third-order valence-electron chi connectivity index (χ3n) is 2.33. The standard InChI is InChI=1S/C11H11FN2/c1-8-6-9(2-5-14-8)10-3-4-13-7-11(10)12/h2-5,7,9H,6H2,1H3. The molecule has 2 nitrogen and oxygen atoms in total. The van der Waals surface area contributed by atoms with Crippen molar-refractivity contribution in [2.24, 2.45) is 4.99 Å². The quantitative estimate of drug-likeness (QED) is 0.668. The second-order valence-electron chi connectivity index (χ2n) is 3.41. The molecule has 0 fully saturated rings. The molecule has 1 atom stereocenters. The summed E-state index contributed by atoms with van der Waals surface area (Å²) in [7, 11) is 0. The molecule has 1 aliphatic heterocycles. The zero-order chi connectivity index (χ0) is 9.97. The molecule has 72 valence electrons. The van der Waals surface area contributed by atoms with Crippen molar-refractivity contribution in [3.63, 3.8) is 0 Å². The first-order valence-electron chi connectivity index (χ1n) is 4.57. The molecule has 0 radical (unpaired) electrons. The average molecular weight is 190 g/mol. The van der Waals surface area contributed by atoms with Crippen LogP contribution in [0, 0.1) is 5.82 Å². The van der Waals surface area contributed by atoms with Crippen molar-refractivity contribution in [2.45, 2.75) is 19.3 Å². The monoisotopic (exact) mass is 190 g/mol. The first-order chi connectivity index (χ1) is 6.77. The topological polar surface area (TPSA) is 25.2 Å². The maximum absolute atomic E-state index is 13.4. The van der Waals surface area contributed by atoms with Crippen molar-refractivity contribution >= 4 is 5.71 Å². The fourth-order valence-electron chi connectivity index (χ4n) is 1.61. The van der Waals surface area contributed by atoms with Crippen LogP contribution in [0.5, 0.6) is 0 Å². The number of nitrogens with zero attached hydrogens (tertiary/aromatic N) is 2. The van der Waals surface area contributed by atoms with Gasteiger partial charge < -0.3 is 0 Å². The number of halogens is 1. The Bertz CT molecular complexity index is 396. The summed E-state index contributed by atoms with van der Waals surface area (Å²) in [5.41, 5.74) is 1.74. The van der Waals surface area contributed by atoms with Crippen molar-refractivity contribution in [2.75, 3.05) is 0 Å². The van der Waals surface area contributed by atoms with Gasteiger partial charge in [0.25, 0.3) is 0 Å². The lowest BCUT2D eigenvalue weighted by Crippen LogP contribution is -2.07. The van der Waals surface area contributed by atoms with E-state index in [1.165, 1.54) is 6.20 Å². The van der Waals surface area contributed by atoms with Crippen LogP contribution in [0.4, 0.5) is 4.39 Å². The normalized spacial score (nSPS) is 20.7. The summed E-state index contributed by atoms with van der Waals surface area (Å²) in [5, 5.41) is 0. The van der Waals surface area contributed by atoms with Crippen LogP contribution in [0.25, 0.3) is 0 Å². The predicted octanol–water partition coefficient (Wildman–Crippen LogP) is 2.68. The number of aliphatic imine (C=N–C) groups is 1. The Balaban J connectivity index is 2.29. The van der Waals surface area contributed by atoms with E-state index in [0.717, 1.165) is 12.1 Å². The van der Waals surface area contributed by atoms with E-state index in [1.807, 2.05) is 13.0 Å². The van der Waals surface area contributed by atoms with E-state index in [0.29, 0.717) is 5.56 Å². The molecule has 0 aromatic carbocycles. The van der Waals surface area contributed by atoms with Gasteiger partial charge in [0, 0.05) is 24.0 Å². The maximum Gasteiger partial charge on any atom is 0.145 e. The molecule has 0 amide bonds. The zero-order valence-electron chi connectivity index (χ0n) is 7.94. The molecule has 0 bridgehead atoms. The summed E-state index contributed by atoms with van der Waals surface area (Å²) in [5.74, 6) is -0.132. The summed E-state index contributed by atoms with van der Waals surface area (Å²) >= 11 is 0. The zero-order valence-corrected chi connectivity index (χ0v) is 7.94. The molecule has 2 rings (SSSR count). The molecule has 0 aliphatic carbocycles. The van der Waals surface area contributed by atoms with Crippen LogP contribution in [0.2, 0.25) is 0 Å². The van der Waals surface area contributed by atoms with Gasteiger partial charge in [0.1, 0.15) is 5.82 Å². The summed E-state index contributed by atoms with van der Waals surface area (Å²) in [4.78, 5) is 7.86. The lowest BCUT2D eigenvalue weighted by atomic mass is 9.93. The lowest BCUT2D eigenvalue weighted by Gasteiger charge is -2.15. The van der Waals surface area contributed by atoms with Gasteiger partial charge in [-0.15, -0.1) is 0 Å². The highest BCUT2D eigenvalue weighted by atomic mass is 19.1. The van der Waals surface area contributed by atoms with Gasteiger partial charge in [-0.1, -0.05) is 6.08 Å². The van der Waals surface area contributed by atoms with Gasteiger partial charge in [0.15, 0.2) is 0 Å². The fraction of sp³-hybridized carbons (Fsp3) is 0.273. The van der Waals surface area contributed by atoms with Gasteiger partial charge in [-0.05, 0) is 25.0 Å². The molecule has 1 aromatic heterocycles. The highest BCUT2D eigenvalue weighted by Crippen LogP contribution is 2.26. The number of pyridine rings is 1. The third-order valence-corrected chi connectivity index (χ3v) is 2.33. The second-order valence-corrected chi connectivity index (χ2v) is 3.41. The van der Waals surface area contributed by atoms with Crippen LogP contribution in [-0.2, 0) is 0 Å². The predicted molar refractivity (Wildman–Crippen MR) is 53.8 cm³/mol. The van der Waals surface area contributed by atoms with Crippen molar-refractivity contribution in [3.8, 4) is 0 Å². The van der Waals surface area contributed by atoms with Crippen LogP contribution >= 0.6 is 0 Å². The van der Waals surface area contributed by atoms with E-state index in [-0.39, 0.29) is 11.7 Å². The maximum atomic E-state index is 13.4. The van der Waals surface area contributed by atoms with E-state index in [1.54, 1.807) is 18.5 Å². The van der Waals surface area contributed by atoms with Crippen LogP contribution in [0.3, 0.4) is 0 Å². The number of rotatable bonds is 1. The van der Waals surface area contributed by atoms with Crippen molar-refractivity contribution in [1.82, 2.24) is 4.98 Å². The van der Waals surface area contributed by atoms with Crippen LogP contribution < -0.4 is 0 Å². The Kier molecular flexibility index (Phi) is 2.39. The Morgan fingerprint density at radius 1 is 1.50 bits per heavy atom. The van der Waals surface area contributed by atoms with E-state index >= 15 is 0 Å². The summed E-state index contributed by atoms with van der Waals surface area (Å²) in [6.07, 6.45) is 7.32. The number of hydrogen-bond donors (Lipinski definition) is 0. The van der Waals surface area contributed by atoms with Gasteiger partial charge >= 0.3 is 0 Å². The van der Waals surface area contributed by atoms with Crippen molar-refractivity contribution in [1.29, 1.82) is 0 Å². The third kappa shape index (κ3) is 1.71. The van der Waals surface area contributed by atoms with Gasteiger partial charge in [0.2, 0.25) is 0 Å². The smallest absolute Gasteiger partial charge is 0.145 e. The minimum atomic E-state index is -0.239. The summed E-state index contributed by atoms with van der Waals surface area (Å²) in [6, 6.07) is 1.73. The molecule has 0 saturated heterocycles. The Labute approximate surface area is 82.2 Å². The molecule has 3 heteroatoms. The number of allylic oxidation sites excluding steroid dienone is 1. The van der Waals surface area contributed by atoms with E-state index in [4.69, 9.17) is 0 Å². The van der Waals surface area contributed by atoms with Gasteiger partial charge in [-0.2, -0.15) is 0 Å². The van der Waals surface area contributed by atoms with Crippen LogP contribution in [0.1, 0.15) is 24.8 Å². The minimum Gasteiger partial charge on any atom is -0.266 e. The minimum absolute atomic E-state index is 0.107. The molecular formula is C11H11FN2. The van der Waals surface area contributed by atoms with E-state index in [2.05, 4.69) is 9.98 Å². The highest BCUT2D eigenvalue weighted by molar-refractivity contribution is 5.84. The van der Waals surface area contributed by atoms with Gasteiger partial charge in [0.05, 0.1) is 6.20 Å². The van der Waals surface area contributed by atoms with E-state index < -0.39 is 0 Å². The first kappa shape index (κ1) is 9.06. The second kappa shape index (κ2) is 3.70. The molecule has 1 aliphatic rings. The molecule has 0 saturated carbocycles. The number of hydrogen-bond acceptors (Lipinski definition) is 2. The molecule has 1 aromatic rings. The first-order valence-corrected chi connectivity index (χ1v) is 4.57. The molecule has 0 spiro atoms. The molecular weight excluding hydrogens is 179 g/mol. The number of aromatic nitrogens is 1. The average Bonchev–Trinajstić information content (AvgIpc) is 2.18. The largest absolute Gasteiger partial charge is 0.266 e. The summed E-state index contributed by atoms with van der Waals surface area (Å²) in [6.45, 7) is 1.95. The fourth-order valence-corrected chi connectivity index (χ4v) is 1.61. The van der Waals surface area contributed by atoms with Crippen molar-refractivity contribution < 1.29 is 4.39 Å². The Morgan fingerprint density at radius 3 is 3.07 bits per heavy atom. The van der Waals surface area contributed by atoms with Crippen molar-refractivity contribution in [3.05, 3.63) is 42.1 Å². The molecule has 1 unspecified atom stereocenters. The SMILES string of the molecule is CC1=NC=CC(c2ccncc2F)C1. The molecule has 0 N–H and O–H groups in total. The van der Waals surface area contributed by atoms with Crippen LogP contribution in [-0.4, -0.2) is 10.7 Å². The lowest BCUT2D eigenvalue weighted by molar-refractivity contribution is 0.594. The van der Waals surface area contributed by atoms with Gasteiger partial charge in [-0.3, -0.25) is 9.98 Å². The molecule has 14 heavy (non-hydrogen) atoms. The summed E-state index contributed by atoms with van der Waals surface area (Å²) < 4.78 is 13.4. The van der Waals surface area contributed by atoms with Crippen LogP contribution in [0.15, 0.2) is 35.7 Å². The highest BCUT2D eigenvalue weighted by Gasteiger charge is 2.15. The van der Waals surface area contributed by atoms with E-state index in [9.17, 15) is 4.39 Å².